The highest BCUT2D eigenvalue weighted by Gasteiger charge is 2.18. The van der Waals surface area contributed by atoms with E-state index < -0.39 is 12.2 Å². The van der Waals surface area contributed by atoms with Crippen LogP contribution in [0.3, 0.4) is 0 Å². The Hall–Kier alpha value is -2.44. The van der Waals surface area contributed by atoms with Crippen LogP contribution in [-0.2, 0) is 0 Å². The smallest absolute Gasteiger partial charge is 0.119 e. The second-order valence-corrected chi connectivity index (χ2v) is 5.11. The first-order valence-corrected chi connectivity index (χ1v) is 7.52. The van der Waals surface area contributed by atoms with Crippen LogP contribution in [0.2, 0.25) is 0 Å². The van der Waals surface area contributed by atoms with Gasteiger partial charge in [0.2, 0.25) is 0 Å². The van der Waals surface area contributed by atoms with Crippen LogP contribution in [0.1, 0.15) is 0 Å². The van der Waals surface area contributed by atoms with Gasteiger partial charge in [-0.2, -0.15) is 0 Å². The van der Waals surface area contributed by atoms with Crippen LogP contribution in [0.15, 0.2) is 48.5 Å². The van der Waals surface area contributed by atoms with Gasteiger partial charge in [0.25, 0.3) is 0 Å². The molecule has 130 valence electrons. The molecule has 0 aliphatic heterocycles. The molecule has 2 rings (SSSR count). The van der Waals surface area contributed by atoms with E-state index in [0.717, 1.165) is 11.5 Å². The van der Waals surface area contributed by atoms with E-state index >= 15 is 0 Å². The first kappa shape index (κ1) is 17.9. The summed E-state index contributed by atoms with van der Waals surface area (Å²) < 4.78 is 21.0. The van der Waals surface area contributed by atoms with Gasteiger partial charge in [-0.25, -0.2) is 0 Å². The maximum atomic E-state index is 9.94. The zero-order chi connectivity index (χ0) is 17.4. The molecule has 0 heterocycles. The summed E-state index contributed by atoms with van der Waals surface area (Å²) in [6, 6.07) is 13.9. The van der Waals surface area contributed by atoms with Crippen molar-refractivity contribution in [2.45, 2.75) is 12.2 Å². The van der Waals surface area contributed by atoms with Crippen molar-refractivity contribution >= 4 is 0 Å². The molecule has 24 heavy (non-hydrogen) atoms. The number of methoxy groups -OCH3 is 2. The summed E-state index contributed by atoms with van der Waals surface area (Å²) in [7, 11) is 3.16. The highest BCUT2D eigenvalue weighted by atomic mass is 16.5. The topological polar surface area (TPSA) is 77.4 Å². The molecule has 2 N–H and O–H groups in total. The van der Waals surface area contributed by atoms with Crippen molar-refractivity contribution in [1.29, 1.82) is 0 Å². The molecule has 0 fully saturated rings. The summed E-state index contributed by atoms with van der Waals surface area (Å²) >= 11 is 0. The lowest BCUT2D eigenvalue weighted by Crippen LogP contribution is -2.36. The Morgan fingerprint density at radius 3 is 1.21 bits per heavy atom. The molecule has 0 aliphatic rings. The quantitative estimate of drug-likeness (QED) is 0.729. The Morgan fingerprint density at radius 2 is 0.917 bits per heavy atom. The molecule has 0 spiro atoms. The third-order valence-corrected chi connectivity index (χ3v) is 3.40. The summed E-state index contributed by atoms with van der Waals surface area (Å²) in [5.41, 5.74) is 0. The molecular formula is C18H22O6. The van der Waals surface area contributed by atoms with E-state index in [4.69, 9.17) is 18.9 Å². The molecule has 6 nitrogen and oxygen atoms in total. The number of rotatable bonds is 9. The highest BCUT2D eigenvalue weighted by molar-refractivity contribution is 5.31. The molecule has 2 aromatic carbocycles. The summed E-state index contributed by atoms with van der Waals surface area (Å²) in [5, 5.41) is 19.9. The van der Waals surface area contributed by atoms with Crippen LogP contribution < -0.4 is 18.9 Å². The normalized spacial score (nSPS) is 13.0. The van der Waals surface area contributed by atoms with Crippen molar-refractivity contribution in [3.63, 3.8) is 0 Å². The van der Waals surface area contributed by atoms with Crippen LogP contribution in [-0.4, -0.2) is 49.9 Å². The fraction of sp³-hybridized carbons (Fsp3) is 0.333. The Balaban J connectivity index is 1.75. The maximum absolute atomic E-state index is 9.94. The van der Waals surface area contributed by atoms with Crippen LogP contribution in [0.5, 0.6) is 23.0 Å². The molecule has 2 aromatic rings. The minimum Gasteiger partial charge on any atom is -0.497 e. The number of hydrogen-bond donors (Lipinski definition) is 2. The number of hydrogen-bond acceptors (Lipinski definition) is 6. The average Bonchev–Trinajstić information content (AvgIpc) is 2.64. The van der Waals surface area contributed by atoms with E-state index in [1.165, 1.54) is 0 Å². The van der Waals surface area contributed by atoms with Crippen molar-refractivity contribution in [3.8, 4) is 23.0 Å². The van der Waals surface area contributed by atoms with Gasteiger partial charge in [0.1, 0.15) is 48.4 Å². The zero-order valence-corrected chi connectivity index (χ0v) is 13.7. The molecule has 0 bridgehead atoms. The monoisotopic (exact) mass is 334 g/mol. The third kappa shape index (κ3) is 5.33. The summed E-state index contributed by atoms with van der Waals surface area (Å²) in [6.45, 7) is -0.0844. The fourth-order valence-corrected chi connectivity index (χ4v) is 1.93. The Kier molecular flexibility index (Phi) is 6.72. The number of ether oxygens (including phenoxy) is 4. The van der Waals surface area contributed by atoms with Gasteiger partial charge in [-0.05, 0) is 48.5 Å². The van der Waals surface area contributed by atoms with Gasteiger partial charge in [0.05, 0.1) is 14.2 Å². The van der Waals surface area contributed by atoms with Crippen LogP contribution in [0.25, 0.3) is 0 Å². The Labute approximate surface area is 141 Å². The van der Waals surface area contributed by atoms with Gasteiger partial charge in [0.15, 0.2) is 0 Å². The van der Waals surface area contributed by atoms with Gasteiger partial charge >= 0.3 is 0 Å². The first-order chi connectivity index (χ1) is 11.6. The fourth-order valence-electron chi connectivity index (χ4n) is 1.93. The van der Waals surface area contributed by atoms with Gasteiger partial charge < -0.3 is 29.2 Å². The summed E-state index contributed by atoms with van der Waals surface area (Å²) in [4.78, 5) is 0. The standard InChI is InChI=1S/C18H22O6/c1-21-13-3-7-15(8-4-13)23-11-17(19)18(20)12-24-16-9-5-14(22-2)6-10-16/h3-10,17-20H,11-12H2,1-2H3/t17-,18-/m0/s1. The van der Waals surface area contributed by atoms with Crippen molar-refractivity contribution < 1.29 is 29.2 Å². The Bertz CT molecular complexity index is 540. The predicted molar refractivity (Wildman–Crippen MR) is 89.0 cm³/mol. The lowest BCUT2D eigenvalue weighted by Gasteiger charge is -2.19. The van der Waals surface area contributed by atoms with E-state index in [-0.39, 0.29) is 13.2 Å². The largest absolute Gasteiger partial charge is 0.497 e. The second kappa shape index (κ2) is 9.00. The van der Waals surface area contributed by atoms with Crippen molar-refractivity contribution in [1.82, 2.24) is 0 Å². The van der Waals surface area contributed by atoms with E-state index in [1.54, 1.807) is 62.8 Å². The van der Waals surface area contributed by atoms with Gasteiger partial charge in [-0.1, -0.05) is 0 Å². The van der Waals surface area contributed by atoms with Crippen LogP contribution in [0.4, 0.5) is 0 Å². The summed E-state index contributed by atoms with van der Waals surface area (Å²) in [5.74, 6) is 2.60. The molecule has 0 saturated carbocycles. The average molecular weight is 334 g/mol. The van der Waals surface area contributed by atoms with E-state index in [2.05, 4.69) is 0 Å². The molecule has 0 unspecified atom stereocenters. The Morgan fingerprint density at radius 1 is 0.625 bits per heavy atom. The molecule has 6 heteroatoms. The molecule has 0 radical (unpaired) electrons. The van der Waals surface area contributed by atoms with Crippen molar-refractivity contribution in [2.24, 2.45) is 0 Å². The molecule has 0 aliphatic carbocycles. The summed E-state index contributed by atoms with van der Waals surface area (Å²) in [6.07, 6.45) is -2.13. The molecule has 0 saturated heterocycles. The minimum atomic E-state index is -1.06. The molecular weight excluding hydrogens is 312 g/mol. The van der Waals surface area contributed by atoms with Gasteiger partial charge in [0, 0.05) is 0 Å². The van der Waals surface area contributed by atoms with Crippen molar-refractivity contribution in [3.05, 3.63) is 48.5 Å². The van der Waals surface area contributed by atoms with Crippen LogP contribution in [0, 0.1) is 0 Å². The van der Waals surface area contributed by atoms with Gasteiger partial charge in [-0.15, -0.1) is 0 Å². The van der Waals surface area contributed by atoms with E-state index in [0.29, 0.717) is 11.5 Å². The number of aliphatic hydroxyl groups excluding tert-OH is 2. The minimum absolute atomic E-state index is 0.0422. The molecule has 0 amide bonds. The molecule has 0 aromatic heterocycles. The van der Waals surface area contributed by atoms with E-state index in [1.807, 2.05) is 0 Å². The van der Waals surface area contributed by atoms with Gasteiger partial charge in [-0.3, -0.25) is 0 Å². The highest BCUT2D eigenvalue weighted by Crippen LogP contribution is 2.18. The zero-order valence-electron chi connectivity index (χ0n) is 13.7. The number of aliphatic hydroxyl groups is 2. The molecule has 2 atom stereocenters. The predicted octanol–water partition coefficient (Wildman–Crippen LogP) is 1.88. The number of benzene rings is 2. The SMILES string of the molecule is COc1ccc(OC[C@H](O)[C@@H](O)COc2ccc(OC)cc2)cc1. The second-order valence-electron chi connectivity index (χ2n) is 5.11. The van der Waals surface area contributed by atoms with E-state index in [9.17, 15) is 10.2 Å². The lowest BCUT2D eigenvalue weighted by molar-refractivity contribution is -0.0288. The lowest BCUT2D eigenvalue weighted by atomic mass is 10.2. The third-order valence-electron chi connectivity index (χ3n) is 3.40. The maximum Gasteiger partial charge on any atom is 0.119 e. The van der Waals surface area contributed by atoms with Crippen LogP contribution >= 0.6 is 0 Å². The first-order valence-electron chi connectivity index (χ1n) is 7.52. The van der Waals surface area contributed by atoms with Crippen molar-refractivity contribution in [2.75, 3.05) is 27.4 Å².